The lowest BCUT2D eigenvalue weighted by atomic mass is 9.65. The molecule has 0 saturated carbocycles. The van der Waals surface area contributed by atoms with Gasteiger partial charge in [0.15, 0.2) is 11.4 Å². The minimum atomic E-state index is -1.67. The molecule has 180 valence electrons. The SMILES string of the molecule is CO[C@@]1(c2cncnc2)[C@@H](S)O[C@@]2(Cl)COC(c3ccccc3)O[C@@H]2C1(N=[N+]=[N-])c1cccnc1. The van der Waals surface area contributed by atoms with Crippen LogP contribution in [0.25, 0.3) is 10.4 Å². The van der Waals surface area contributed by atoms with Gasteiger partial charge in [-0.05, 0) is 17.2 Å². The molecule has 2 aliphatic rings. The Morgan fingerprint density at radius 1 is 1.11 bits per heavy atom. The van der Waals surface area contributed by atoms with Crippen LogP contribution in [0, 0.1) is 0 Å². The molecule has 0 N–H and O–H groups in total. The van der Waals surface area contributed by atoms with E-state index in [-0.39, 0.29) is 6.61 Å². The first-order valence-electron chi connectivity index (χ1n) is 10.7. The summed E-state index contributed by atoms with van der Waals surface area (Å²) in [5, 5.41) is 2.78. The molecule has 4 heterocycles. The first-order chi connectivity index (χ1) is 17.0. The summed E-state index contributed by atoms with van der Waals surface area (Å²) in [6.45, 7) is -0.0795. The fourth-order valence-electron chi connectivity index (χ4n) is 4.91. The maximum absolute atomic E-state index is 9.92. The minimum absolute atomic E-state index is 0.0795. The van der Waals surface area contributed by atoms with Crippen molar-refractivity contribution in [3.05, 3.63) is 101 Å². The molecular weight excluding hydrogens is 492 g/mol. The molecule has 5 rings (SSSR count). The normalized spacial score (nSPS) is 34.4. The van der Waals surface area contributed by atoms with Crippen LogP contribution in [-0.2, 0) is 30.1 Å². The Morgan fingerprint density at radius 3 is 2.51 bits per heavy atom. The third-order valence-corrected chi connectivity index (χ3v) is 7.24. The molecular formula is C23H21ClN6O4S. The third-order valence-electron chi connectivity index (χ3n) is 6.37. The Kier molecular flexibility index (Phi) is 6.41. The van der Waals surface area contributed by atoms with E-state index < -0.39 is 34.0 Å². The Labute approximate surface area is 211 Å². The number of methoxy groups -OCH3 is 1. The van der Waals surface area contributed by atoms with E-state index in [1.54, 1.807) is 36.9 Å². The maximum atomic E-state index is 9.92. The van der Waals surface area contributed by atoms with Crippen LogP contribution in [0.3, 0.4) is 0 Å². The zero-order chi connectivity index (χ0) is 24.5. The first-order valence-corrected chi connectivity index (χ1v) is 11.6. The molecule has 1 aromatic carbocycles. The van der Waals surface area contributed by atoms with E-state index in [1.807, 2.05) is 30.3 Å². The van der Waals surface area contributed by atoms with E-state index in [9.17, 15) is 5.53 Å². The minimum Gasteiger partial charge on any atom is -0.369 e. The number of hydrogen-bond donors (Lipinski definition) is 1. The number of rotatable bonds is 5. The van der Waals surface area contributed by atoms with E-state index >= 15 is 0 Å². The van der Waals surface area contributed by atoms with Crippen molar-refractivity contribution >= 4 is 24.2 Å². The lowest BCUT2D eigenvalue weighted by Crippen LogP contribution is -2.74. The van der Waals surface area contributed by atoms with Gasteiger partial charge in [-0.25, -0.2) is 9.97 Å². The molecule has 0 aliphatic carbocycles. The second-order valence-corrected chi connectivity index (χ2v) is 9.20. The summed E-state index contributed by atoms with van der Waals surface area (Å²) in [5.41, 5.74) is 7.30. The fraction of sp³-hybridized carbons (Fsp3) is 0.348. The van der Waals surface area contributed by atoms with Crippen molar-refractivity contribution in [2.75, 3.05) is 13.7 Å². The molecule has 2 unspecified atom stereocenters. The predicted octanol–water partition coefficient (Wildman–Crippen LogP) is 4.25. The van der Waals surface area contributed by atoms with Gasteiger partial charge in [-0.2, -0.15) is 0 Å². The van der Waals surface area contributed by atoms with Gasteiger partial charge in [0.05, 0.1) is 6.61 Å². The first kappa shape index (κ1) is 24.0. The Hall–Kier alpha value is -2.76. The average Bonchev–Trinajstić information content (AvgIpc) is 2.90. The summed E-state index contributed by atoms with van der Waals surface area (Å²) in [7, 11) is 1.47. The van der Waals surface area contributed by atoms with E-state index in [4.69, 9.17) is 43.2 Å². The van der Waals surface area contributed by atoms with Gasteiger partial charge in [-0.3, -0.25) is 4.98 Å². The van der Waals surface area contributed by atoms with Crippen molar-refractivity contribution in [3.8, 4) is 0 Å². The van der Waals surface area contributed by atoms with Crippen molar-refractivity contribution in [2.45, 2.75) is 34.0 Å². The van der Waals surface area contributed by atoms with Crippen LogP contribution in [0.2, 0.25) is 0 Å². The lowest BCUT2D eigenvalue weighted by Gasteiger charge is -2.61. The number of alkyl halides is 1. The number of aromatic nitrogens is 3. The van der Waals surface area contributed by atoms with Crippen molar-refractivity contribution in [1.82, 2.24) is 15.0 Å². The number of nitrogens with zero attached hydrogens (tertiary/aromatic N) is 6. The molecule has 0 spiro atoms. The van der Waals surface area contributed by atoms with Crippen molar-refractivity contribution < 1.29 is 18.9 Å². The number of hydrogen-bond acceptors (Lipinski definition) is 9. The summed E-state index contributed by atoms with van der Waals surface area (Å²) in [4.78, 5) is 15.8. The molecule has 35 heavy (non-hydrogen) atoms. The van der Waals surface area contributed by atoms with Crippen LogP contribution in [0.15, 0.2) is 78.7 Å². The molecule has 6 atom stereocenters. The fourth-order valence-corrected chi connectivity index (χ4v) is 5.97. The standard InChI is InChI=1S/C23H21ClN6O4S/c1-31-23(17-11-27-14-28-12-17)20(35)34-21(24)13-32-18(15-6-3-2-4-7-15)33-19(21)22(23,29-30-25)16-8-5-9-26-10-16/h2-12,14,18-20,35H,13H2,1H3/t18?,19-,20+,21-,22?,23-/m0/s1. The number of benzene rings is 1. The maximum Gasteiger partial charge on any atom is 0.193 e. The number of thiol groups is 1. The van der Waals surface area contributed by atoms with E-state index in [0.717, 1.165) is 5.56 Å². The molecule has 2 aliphatic heterocycles. The van der Waals surface area contributed by atoms with Crippen molar-refractivity contribution in [3.63, 3.8) is 0 Å². The molecule has 3 aromatic rings. The average molecular weight is 513 g/mol. The highest BCUT2D eigenvalue weighted by Crippen LogP contribution is 2.62. The highest BCUT2D eigenvalue weighted by molar-refractivity contribution is 7.80. The molecule has 2 aromatic heterocycles. The van der Waals surface area contributed by atoms with Crippen LogP contribution >= 0.6 is 24.2 Å². The lowest BCUT2D eigenvalue weighted by molar-refractivity contribution is -0.354. The predicted molar refractivity (Wildman–Crippen MR) is 128 cm³/mol. The van der Waals surface area contributed by atoms with Crippen molar-refractivity contribution in [1.29, 1.82) is 0 Å². The summed E-state index contributed by atoms with van der Waals surface area (Å²) >= 11 is 11.8. The van der Waals surface area contributed by atoms with Crippen LogP contribution in [0.1, 0.15) is 23.0 Å². The van der Waals surface area contributed by atoms with Crippen molar-refractivity contribution in [2.24, 2.45) is 5.11 Å². The van der Waals surface area contributed by atoms with Gasteiger partial charge in [0.1, 0.15) is 29.0 Å². The van der Waals surface area contributed by atoms with Gasteiger partial charge < -0.3 is 18.9 Å². The van der Waals surface area contributed by atoms with Crippen LogP contribution in [0.5, 0.6) is 0 Å². The smallest absolute Gasteiger partial charge is 0.193 e. The van der Waals surface area contributed by atoms with E-state index in [0.29, 0.717) is 11.1 Å². The van der Waals surface area contributed by atoms with Gasteiger partial charge in [-0.1, -0.05) is 53.1 Å². The number of azide groups is 1. The topological polar surface area (TPSA) is 124 Å². The molecule has 2 saturated heterocycles. The van der Waals surface area contributed by atoms with Gasteiger partial charge in [0.25, 0.3) is 0 Å². The molecule has 2 fully saturated rings. The zero-order valence-corrected chi connectivity index (χ0v) is 20.2. The molecule has 10 nitrogen and oxygen atoms in total. The Balaban J connectivity index is 1.80. The van der Waals surface area contributed by atoms with Crippen LogP contribution in [-0.4, -0.2) is 45.3 Å². The van der Waals surface area contributed by atoms with E-state index in [2.05, 4.69) is 25.0 Å². The van der Waals surface area contributed by atoms with Gasteiger partial charge in [-0.15, -0.1) is 12.6 Å². The van der Waals surface area contributed by atoms with Gasteiger partial charge in [0, 0.05) is 47.9 Å². The molecule has 0 radical (unpaired) electrons. The number of ether oxygens (including phenoxy) is 4. The van der Waals surface area contributed by atoms with E-state index in [1.165, 1.54) is 13.4 Å². The Bertz CT molecular complexity index is 1220. The quantitative estimate of drug-likeness (QED) is 0.178. The summed E-state index contributed by atoms with van der Waals surface area (Å²) < 4.78 is 24.9. The molecule has 0 amide bonds. The summed E-state index contributed by atoms with van der Waals surface area (Å²) in [6.07, 6.45) is 5.74. The van der Waals surface area contributed by atoms with Crippen LogP contribution < -0.4 is 0 Å². The number of halogens is 1. The monoisotopic (exact) mass is 512 g/mol. The van der Waals surface area contributed by atoms with Gasteiger partial charge in [0.2, 0.25) is 0 Å². The highest BCUT2D eigenvalue weighted by Gasteiger charge is 2.73. The largest absolute Gasteiger partial charge is 0.369 e. The van der Waals surface area contributed by atoms with Crippen LogP contribution in [0.4, 0.5) is 0 Å². The molecule has 0 bridgehead atoms. The molecule has 12 heteroatoms. The number of fused-ring (bicyclic) bond motifs is 1. The second-order valence-electron chi connectivity index (χ2n) is 8.09. The zero-order valence-electron chi connectivity index (χ0n) is 18.5. The second kappa shape index (κ2) is 9.36. The Morgan fingerprint density at radius 2 is 1.86 bits per heavy atom. The highest BCUT2D eigenvalue weighted by atomic mass is 35.5. The summed E-state index contributed by atoms with van der Waals surface area (Å²) in [6, 6.07) is 12.8. The number of pyridine rings is 1. The summed E-state index contributed by atoms with van der Waals surface area (Å²) in [5.74, 6) is 0. The third kappa shape index (κ3) is 3.59. The van der Waals surface area contributed by atoms with Gasteiger partial charge >= 0.3 is 0 Å².